The molecule has 0 saturated carbocycles. The third-order valence-corrected chi connectivity index (χ3v) is 1.72. The van der Waals surface area contributed by atoms with Crippen molar-refractivity contribution in [2.75, 3.05) is 26.1 Å². The molecule has 0 heterocycles. The highest BCUT2D eigenvalue weighted by molar-refractivity contribution is 5.52. The highest BCUT2D eigenvalue weighted by atomic mass is 19.1. The van der Waals surface area contributed by atoms with E-state index in [0.717, 1.165) is 6.42 Å². The summed E-state index contributed by atoms with van der Waals surface area (Å²) in [6, 6.07) is 4.09. The fourth-order valence-electron chi connectivity index (χ4n) is 1.04. The van der Waals surface area contributed by atoms with Crippen molar-refractivity contribution in [3.8, 4) is 5.75 Å². The van der Waals surface area contributed by atoms with Gasteiger partial charge in [0.2, 0.25) is 0 Å². The molecule has 14 heavy (non-hydrogen) atoms. The minimum Gasteiger partial charge on any atom is -0.491 e. The first-order valence-corrected chi connectivity index (χ1v) is 4.41. The molecule has 0 amide bonds. The van der Waals surface area contributed by atoms with E-state index in [1.165, 1.54) is 18.2 Å². The Bertz CT molecular complexity index is 291. The van der Waals surface area contributed by atoms with E-state index in [4.69, 9.17) is 15.2 Å². The maximum Gasteiger partial charge on any atom is 0.142 e. The van der Waals surface area contributed by atoms with Gasteiger partial charge in [-0.1, -0.05) is 0 Å². The number of anilines is 1. The van der Waals surface area contributed by atoms with Crippen LogP contribution in [-0.2, 0) is 4.74 Å². The van der Waals surface area contributed by atoms with Gasteiger partial charge < -0.3 is 15.2 Å². The number of hydrogen-bond donors (Lipinski definition) is 1. The number of halogens is 1. The van der Waals surface area contributed by atoms with Gasteiger partial charge in [0, 0.05) is 26.2 Å². The van der Waals surface area contributed by atoms with Crippen LogP contribution in [0.15, 0.2) is 18.2 Å². The molecule has 0 bridgehead atoms. The average molecular weight is 199 g/mol. The van der Waals surface area contributed by atoms with Crippen LogP contribution in [0.25, 0.3) is 0 Å². The molecule has 4 heteroatoms. The van der Waals surface area contributed by atoms with Crippen LogP contribution in [0.1, 0.15) is 6.42 Å². The molecule has 0 atom stereocenters. The summed E-state index contributed by atoms with van der Waals surface area (Å²) in [6.45, 7) is 1.16. The van der Waals surface area contributed by atoms with Crippen molar-refractivity contribution in [2.45, 2.75) is 6.42 Å². The van der Waals surface area contributed by atoms with E-state index in [-0.39, 0.29) is 5.82 Å². The summed E-state index contributed by atoms with van der Waals surface area (Å²) in [7, 11) is 1.63. The van der Waals surface area contributed by atoms with Crippen molar-refractivity contribution < 1.29 is 13.9 Å². The van der Waals surface area contributed by atoms with Gasteiger partial charge >= 0.3 is 0 Å². The van der Waals surface area contributed by atoms with Crippen LogP contribution in [0, 0.1) is 5.82 Å². The first kappa shape index (κ1) is 10.8. The minimum absolute atomic E-state index is 0.322. The van der Waals surface area contributed by atoms with E-state index in [0.29, 0.717) is 24.7 Å². The molecule has 0 saturated heterocycles. The summed E-state index contributed by atoms with van der Waals surface area (Å²) in [5.74, 6) is 0.161. The van der Waals surface area contributed by atoms with Crippen LogP contribution in [-0.4, -0.2) is 20.3 Å². The van der Waals surface area contributed by atoms with Gasteiger partial charge in [0.1, 0.15) is 11.6 Å². The molecule has 0 aliphatic rings. The molecule has 0 unspecified atom stereocenters. The fourth-order valence-corrected chi connectivity index (χ4v) is 1.04. The van der Waals surface area contributed by atoms with Gasteiger partial charge in [-0.2, -0.15) is 0 Å². The van der Waals surface area contributed by atoms with E-state index >= 15 is 0 Å². The van der Waals surface area contributed by atoms with Crippen molar-refractivity contribution in [1.82, 2.24) is 0 Å². The summed E-state index contributed by atoms with van der Waals surface area (Å²) in [5, 5.41) is 0. The van der Waals surface area contributed by atoms with Gasteiger partial charge in [-0.25, -0.2) is 4.39 Å². The van der Waals surface area contributed by atoms with E-state index in [1.807, 2.05) is 0 Å². The molecule has 0 aliphatic carbocycles. The number of ether oxygens (including phenoxy) is 2. The smallest absolute Gasteiger partial charge is 0.142 e. The van der Waals surface area contributed by atoms with Crippen molar-refractivity contribution in [1.29, 1.82) is 0 Å². The maximum atomic E-state index is 12.6. The van der Waals surface area contributed by atoms with Crippen LogP contribution in [0.4, 0.5) is 10.1 Å². The van der Waals surface area contributed by atoms with Crippen LogP contribution >= 0.6 is 0 Å². The van der Waals surface area contributed by atoms with Gasteiger partial charge in [0.05, 0.1) is 12.3 Å². The molecule has 0 aliphatic heterocycles. The zero-order valence-corrected chi connectivity index (χ0v) is 8.13. The molecular weight excluding hydrogens is 185 g/mol. The molecule has 1 aromatic carbocycles. The van der Waals surface area contributed by atoms with E-state index < -0.39 is 0 Å². The second kappa shape index (κ2) is 5.44. The molecule has 0 spiro atoms. The summed E-state index contributed by atoms with van der Waals surface area (Å²) < 4.78 is 22.8. The second-order valence-electron chi connectivity index (χ2n) is 2.88. The average Bonchev–Trinajstić information content (AvgIpc) is 2.15. The highest BCUT2D eigenvalue weighted by Gasteiger charge is 2.00. The summed E-state index contributed by atoms with van der Waals surface area (Å²) in [4.78, 5) is 0. The number of nitrogens with two attached hydrogens (primary N) is 1. The molecule has 1 rings (SSSR count). The van der Waals surface area contributed by atoms with Crippen molar-refractivity contribution in [3.05, 3.63) is 24.0 Å². The highest BCUT2D eigenvalue weighted by Crippen LogP contribution is 2.21. The van der Waals surface area contributed by atoms with Crippen LogP contribution in [0.5, 0.6) is 5.75 Å². The van der Waals surface area contributed by atoms with E-state index in [2.05, 4.69) is 0 Å². The summed E-state index contributed by atoms with van der Waals surface area (Å²) in [5.41, 5.74) is 5.86. The van der Waals surface area contributed by atoms with Crippen LogP contribution < -0.4 is 10.5 Å². The Morgan fingerprint density at radius 2 is 2.14 bits per heavy atom. The lowest BCUT2D eigenvalue weighted by Gasteiger charge is -2.08. The molecule has 3 nitrogen and oxygen atoms in total. The first-order chi connectivity index (χ1) is 6.74. The predicted molar refractivity (Wildman–Crippen MR) is 52.8 cm³/mol. The van der Waals surface area contributed by atoms with Crippen molar-refractivity contribution in [3.63, 3.8) is 0 Å². The third-order valence-electron chi connectivity index (χ3n) is 1.72. The zero-order chi connectivity index (χ0) is 10.4. The number of benzene rings is 1. The van der Waals surface area contributed by atoms with Crippen molar-refractivity contribution in [2.24, 2.45) is 0 Å². The summed E-state index contributed by atoms with van der Waals surface area (Å²) in [6.07, 6.45) is 0.785. The Kier molecular flexibility index (Phi) is 4.19. The molecule has 0 radical (unpaired) electrons. The number of methoxy groups -OCH3 is 1. The normalized spacial score (nSPS) is 10.1. The molecular formula is C10H14FNO2. The van der Waals surface area contributed by atoms with Crippen LogP contribution in [0.2, 0.25) is 0 Å². The van der Waals surface area contributed by atoms with Gasteiger partial charge in [0.15, 0.2) is 0 Å². The fraction of sp³-hybridized carbons (Fsp3) is 0.400. The lowest BCUT2D eigenvalue weighted by Crippen LogP contribution is -2.03. The molecule has 1 aromatic rings. The Morgan fingerprint density at radius 1 is 1.36 bits per heavy atom. The topological polar surface area (TPSA) is 44.5 Å². The van der Waals surface area contributed by atoms with Gasteiger partial charge in [0.25, 0.3) is 0 Å². The second-order valence-corrected chi connectivity index (χ2v) is 2.88. The Balaban J connectivity index is 2.42. The molecule has 0 fully saturated rings. The van der Waals surface area contributed by atoms with Crippen LogP contribution in [0.3, 0.4) is 0 Å². The van der Waals surface area contributed by atoms with E-state index in [9.17, 15) is 4.39 Å². The monoisotopic (exact) mass is 199 g/mol. The Labute approximate surface area is 82.6 Å². The molecule has 0 aromatic heterocycles. The molecule has 2 N–H and O–H groups in total. The Hall–Kier alpha value is -1.29. The lowest BCUT2D eigenvalue weighted by atomic mass is 10.3. The van der Waals surface area contributed by atoms with Gasteiger partial charge in [-0.05, 0) is 12.1 Å². The SMILES string of the molecule is COCCCOc1ccc(F)cc1N. The number of nitrogen functional groups attached to an aromatic ring is 1. The molecule has 78 valence electrons. The zero-order valence-electron chi connectivity index (χ0n) is 8.13. The van der Waals surface area contributed by atoms with Gasteiger partial charge in [-0.3, -0.25) is 0 Å². The predicted octanol–water partition coefficient (Wildman–Crippen LogP) is 1.82. The lowest BCUT2D eigenvalue weighted by molar-refractivity contribution is 0.172. The first-order valence-electron chi connectivity index (χ1n) is 4.41. The number of hydrogen-bond acceptors (Lipinski definition) is 3. The van der Waals surface area contributed by atoms with E-state index in [1.54, 1.807) is 7.11 Å². The standard InChI is InChI=1S/C10H14FNO2/c1-13-5-2-6-14-10-4-3-8(11)7-9(10)12/h3-4,7H,2,5-6,12H2,1H3. The largest absolute Gasteiger partial charge is 0.491 e. The minimum atomic E-state index is -0.355. The Morgan fingerprint density at radius 3 is 2.79 bits per heavy atom. The maximum absolute atomic E-state index is 12.6. The number of rotatable bonds is 5. The summed E-state index contributed by atoms with van der Waals surface area (Å²) >= 11 is 0. The van der Waals surface area contributed by atoms with Crippen molar-refractivity contribution >= 4 is 5.69 Å². The quantitative estimate of drug-likeness (QED) is 0.581. The third kappa shape index (κ3) is 3.22. The van der Waals surface area contributed by atoms with Gasteiger partial charge in [-0.15, -0.1) is 0 Å².